The van der Waals surface area contributed by atoms with Crippen LogP contribution in [0.15, 0.2) is 53.5 Å². The van der Waals surface area contributed by atoms with E-state index in [1.54, 1.807) is 31.4 Å². The number of carboxylic acids is 1. The number of amides is 1. The number of hydrogen-bond acceptors (Lipinski definition) is 5. The van der Waals surface area contributed by atoms with Gasteiger partial charge in [-0.3, -0.25) is 9.69 Å². The number of nitrogens with zero attached hydrogens (tertiary/aromatic N) is 3. The highest BCUT2D eigenvalue weighted by Gasteiger charge is 2.22. The maximum Gasteiger partial charge on any atom is 0.335 e. The lowest BCUT2D eigenvalue weighted by molar-refractivity contribution is -0.123. The lowest BCUT2D eigenvalue weighted by Crippen LogP contribution is -2.53. The molecule has 1 fully saturated rings. The van der Waals surface area contributed by atoms with E-state index in [2.05, 4.69) is 20.4 Å². The van der Waals surface area contributed by atoms with Crippen LogP contribution in [0.25, 0.3) is 0 Å². The molecule has 1 amide bonds. The van der Waals surface area contributed by atoms with Crippen LogP contribution in [-0.2, 0) is 11.3 Å². The molecule has 3 rings (SSSR count). The predicted octanol–water partition coefficient (Wildman–Crippen LogP) is 2.50. The number of carbonyl (C=O) groups is 2. The number of piperazine rings is 1. The largest absolute Gasteiger partial charge is 0.497 e. The first kappa shape index (κ1) is 25.0. The summed E-state index contributed by atoms with van der Waals surface area (Å²) in [5.41, 5.74) is 2.01. The Labute approximate surface area is 200 Å². The molecule has 1 saturated heterocycles. The van der Waals surface area contributed by atoms with E-state index in [1.807, 2.05) is 38.1 Å². The van der Waals surface area contributed by atoms with Crippen LogP contribution in [0.3, 0.4) is 0 Å². The smallest absolute Gasteiger partial charge is 0.335 e. The summed E-state index contributed by atoms with van der Waals surface area (Å²) in [6.45, 7) is 7.66. The van der Waals surface area contributed by atoms with Crippen molar-refractivity contribution in [2.24, 2.45) is 4.99 Å². The number of carboxylic acid groups (broad SMARTS) is 1. The van der Waals surface area contributed by atoms with Crippen LogP contribution in [0.1, 0.15) is 29.8 Å². The van der Waals surface area contributed by atoms with E-state index in [4.69, 9.17) is 14.8 Å². The Morgan fingerprint density at radius 3 is 2.41 bits per heavy atom. The number of rotatable bonds is 8. The van der Waals surface area contributed by atoms with Crippen LogP contribution in [0.5, 0.6) is 5.75 Å². The lowest BCUT2D eigenvalue weighted by Gasteiger charge is -2.36. The molecule has 3 N–H and O–H groups in total. The van der Waals surface area contributed by atoms with Crippen LogP contribution in [-0.4, -0.2) is 78.6 Å². The van der Waals surface area contributed by atoms with E-state index in [9.17, 15) is 9.59 Å². The van der Waals surface area contributed by atoms with Gasteiger partial charge < -0.3 is 25.4 Å². The molecule has 2 aromatic rings. The molecule has 0 saturated carbocycles. The average molecular weight is 468 g/mol. The average Bonchev–Trinajstić information content (AvgIpc) is 2.82. The Morgan fingerprint density at radius 1 is 1.09 bits per heavy atom. The first-order chi connectivity index (χ1) is 16.3. The molecule has 0 bridgehead atoms. The maximum atomic E-state index is 12.1. The molecule has 0 atom stereocenters. The molecule has 1 aliphatic rings. The number of nitrogens with one attached hydrogen (secondary N) is 2. The first-order valence-corrected chi connectivity index (χ1v) is 11.4. The predicted molar refractivity (Wildman–Crippen MR) is 132 cm³/mol. The van der Waals surface area contributed by atoms with E-state index < -0.39 is 5.97 Å². The normalized spacial score (nSPS) is 14.7. The summed E-state index contributed by atoms with van der Waals surface area (Å²) in [5, 5.41) is 15.4. The molecule has 0 aromatic heterocycles. The number of carbonyl (C=O) groups excluding carboxylic acids is 1. The zero-order chi connectivity index (χ0) is 24.5. The zero-order valence-corrected chi connectivity index (χ0v) is 20.0. The van der Waals surface area contributed by atoms with E-state index in [0.717, 1.165) is 30.1 Å². The molecule has 0 radical (unpaired) electrons. The fraction of sp³-hybridized carbons (Fsp3) is 0.400. The first-order valence-electron chi connectivity index (χ1n) is 11.4. The van der Waals surface area contributed by atoms with Gasteiger partial charge in [-0.25, -0.2) is 9.79 Å². The molecule has 0 aliphatic carbocycles. The van der Waals surface area contributed by atoms with Gasteiger partial charge in [-0.2, -0.15) is 0 Å². The summed E-state index contributed by atoms with van der Waals surface area (Å²) in [5.74, 6) is 0.556. The second-order valence-corrected chi connectivity index (χ2v) is 8.48. The third-order valence-corrected chi connectivity index (χ3v) is 5.42. The number of guanidine groups is 1. The molecular weight excluding hydrogens is 434 g/mol. The van der Waals surface area contributed by atoms with E-state index in [-0.39, 0.29) is 17.5 Å². The monoisotopic (exact) mass is 467 g/mol. The van der Waals surface area contributed by atoms with Crippen molar-refractivity contribution in [2.75, 3.05) is 45.2 Å². The van der Waals surface area contributed by atoms with Crippen LogP contribution in [0.4, 0.5) is 5.69 Å². The number of anilines is 1. The van der Waals surface area contributed by atoms with Crippen LogP contribution in [0.2, 0.25) is 0 Å². The third-order valence-electron chi connectivity index (χ3n) is 5.42. The van der Waals surface area contributed by atoms with Crippen molar-refractivity contribution < 1.29 is 19.4 Å². The highest BCUT2D eigenvalue weighted by molar-refractivity contribution is 5.94. The topological polar surface area (TPSA) is 106 Å². The number of ether oxygens (including phenoxy) is 1. The summed E-state index contributed by atoms with van der Waals surface area (Å²) in [6, 6.07) is 14.5. The maximum absolute atomic E-state index is 12.1. The minimum Gasteiger partial charge on any atom is -0.497 e. The van der Waals surface area contributed by atoms with Gasteiger partial charge in [-0.15, -0.1) is 0 Å². The fourth-order valence-electron chi connectivity index (χ4n) is 3.67. The van der Waals surface area contributed by atoms with Crippen molar-refractivity contribution in [1.29, 1.82) is 0 Å². The molecule has 2 aromatic carbocycles. The number of methoxy groups -OCH3 is 1. The molecule has 1 heterocycles. The number of hydrogen-bond donors (Lipinski definition) is 3. The second-order valence-electron chi connectivity index (χ2n) is 8.48. The van der Waals surface area contributed by atoms with Crippen molar-refractivity contribution >= 4 is 23.5 Å². The van der Waals surface area contributed by atoms with Crippen molar-refractivity contribution in [3.05, 3.63) is 59.7 Å². The van der Waals surface area contributed by atoms with Gasteiger partial charge in [-0.05, 0) is 55.8 Å². The van der Waals surface area contributed by atoms with Crippen LogP contribution < -0.4 is 15.4 Å². The van der Waals surface area contributed by atoms with E-state index >= 15 is 0 Å². The number of benzene rings is 2. The van der Waals surface area contributed by atoms with Gasteiger partial charge in [-0.1, -0.05) is 12.1 Å². The molecule has 9 nitrogen and oxygen atoms in total. The second kappa shape index (κ2) is 12.0. The Bertz CT molecular complexity index is 999. The van der Waals surface area contributed by atoms with Gasteiger partial charge in [0, 0.05) is 37.9 Å². The molecule has 1 aliphatic heterocycles. The summed E-state index contributed by atoms with van der Waals surface area (Å²) in [6.07, 6.45) is 0. The van der Waals surface area contributed by atoms with Crippen molar-refractivity contribution in [2.45, 2.75) is 26.4 Å². The number of aromatic carboxylic acids is 1. The van der Waals surface area contributed by atoms with Crippen LogP contribution >= 0.6 is 0 Å². The van der Waals surface area contributed by atoms with Gasteiger partial charge in [0.1, 0.15) is 5.75 Å². The Kier molecular flexibility index (Phi) is 8.86. The van der Waals surface area contributed by atoms with Gasteiger partial charge in [0.25, 0.3) is 0 Å². The lowest BCUT2D eigenvalue weighted by atomic mass is 10.2. The van der Waals surface area contributed by atoms with Gasteiger partial charge in [0.2, 0.25) is 5.91 Å². The van der Waals surface area contributed by atoms with Crippen molar-refractivity contribution in [1.82, 2.24) is 15.1 Å². The molecule has 34 heavy (non-hydrogen) atoms. The minimum absolute atomic E-state index is 0.0343. The quantitative estimate of drug-likeness (QED) is 0.405. The van der Waals surface area contributed by atoms with E-state index in [1.165, 1.54) is 0 Å². The van der Waals surface area contributed by atoms with Gasteiger partial charge in [0.05, 0.1) is 25.8 Å². The Balaban J connectivity index is 1.71. The molecular formula is C25H33N5O4. The van der Waals surface area contributed by atoms with E-state index in [0.29, 0.717) is 32.1 Å². The summed E-state index contributed by atoms with van der Waals surface area (Å²) in [7, 11) is 1.64. The summed E-state index contributed by atoms with van der Waals surface area (Å²) < 4.78 is 5.31. The summed E-state index contributed by atoms with van der Waals surface area (Å²) >= 11 is 0. The van der Waals surface area contributed by atoms with Crippen LogP contribution in [0, 0.1) is 0 Å². The molecule has 182 valence electrons. The third kappa shape index (κ3) is 7.48. The fourth-order valence-corrected chi connectivity index (χ4v) is 3.67. The van der Waals surface area contributed by atoms with Gasteiger partial charge in [0.15, 0.2) is 5.96 Å². The number of aliphatic imine (C=N–C) groups is 1. The molecule has 0 spiro atoms. The SMILES string of the molecule is COc1cccc(CN=C(Nc2ccc(C(=O)O)cc2)N2CCN(CC(=O)NC(C)C)CC2)c1. The van der Waals surface area contributed by atoms with Gasteiger partial charge >= 0.3 is 5.97 Å². The Hall–Kier alpha value is -3.59. The minimum atomic E-state index is -0.962. The zero-order valence-electron chi connectivity index (χ0n) is 20.0. The van der Waals surface area contributed by atoms with Crippen molar-refractivity contribution in [3.8, 4) is 5.75 Å². The molecule has 9 heteroatoms. The Morgan fingerprint density at radius 2 is 1.79 bits per heavy atom. The summed E-state index contributed by atoms with van der Waals surface area (Å²) in [4.78, 5) is 32.4. The highest BCUT2D eigenvalue weighted by atomic mass is 16.5. The standard InChI is InChI=1S/C25H33N5O4/c1-18(2)27-23(31)17-29-11-13-30(14-12-29)25(26-16-19-5-4-6-22(15-19)34-3)28-21-9-7-20(8-10-21)24(32)33/h4-10,15,18H,11-14,16-17H2,1-3H3,(H,26,28)(H,27,31)(H,32,33). The van der Waals surface area contributed by atoms with Crippen molar-refractivity contribution in [3.63, 3.8) is 0 Å². The highest BCUT2D eigenvalue weighted by Crippen LogP contribution is 2.15. The molecule has 0 unspecified atom stereocenters.